The van der Waals surface area contributed by atoms with Gasteiger partial charge in [-0.1, -0.05) is 20.8 Å². The lowest BCUT2D eigenvalue weighted by atomic mass is 9.89. The van der Waals surface area contributed by atoms with Crippen LogP contribution in [0.15, 0.2) is 6.20 Å². The van der Waals surface area contributed by atoms with Gasteiger partial charge < -0.3 is 5.32 Å². The summed E-state index contributed by atoms with van der Waals surface area (Å²) in [5.74, 6) is 0. The second-order valence-electron chi connectivity index (χ2n) is 6.12. The Bertz CT molecular complexity index is 529. The first-order valence-corrected chi connectivity index (χ1v) is 8.67. The average Bonchev–Trinajstić information content (AvgIpc) is 2.63. The summed E-state index contributed by atoms with van der Waals surface area (Å²) in [5.41, 5.74) is 2.31. The third-order valence-electron chi connectivity index (χ3n) is 2.83. The molecule has 0 radical (unpaired) electrons. The quantitative estimate of drug-likeness (QED) is 0.729. The van der Waals surface area contributed by atoms with Crippen LogP contribution in [0.5, 0.6) is 0 Å². The Labute approximate surface area is 122 Å². The summed E-state index contributed by atoms with van der Waals surface area (Å²) in [6, 6.07) is 0. The van der Waals surface area contributed by atoms with Crippen LogP contribution in [0.3, 0.4) is 0 Å². The van der Waals surface area contributed by atoms with Gasteiger partial charge in [0.1, 0.15) is 0 Å². The van der Waals surface area contributed by atoms with Crippen LogP contribution in [0, 0.1) is 0 Å². The predicted octanol–water partition coefficient (Wildman–Crippen LogP) is 0.747. The van der Waals surface area contributed by atoms with Crippen LogP contribution in [0.25, 0.3) is 0 Å². The first-order chi connectivity index (χ1) is 9.09. The number of hydrogen-bond acceptors (Lipinski definition) is 4. The van der Waals surface area contributed by atoms with Crippen LogP contribution in [0.4, 0.5) is 0 Å². The van der Waals surface area contributed by atoms with E-state index in [0.717, 1.165) is 25.2 Å². The number of sulfonamides is 1. The third kappa shape index (κ3) is 6.02. The van der Waals surface area contributed by atoms with Gasteiger partial charge in [-0.05, 0) is 13.0 Å². The van der Waals surface area contributed by atoms with E-state index in [4.69, 9.17) is 0 Å². The summed E-state index contributed by atoms with van der Waals surface area (Å²) in [5, 5.41) is 7.84. The smallest absolute Gasteiger partial charge is 0.208 e. The van der Waals surface area contributed by atoms with E-state index in [9.17, 15) is 8.42 Å². The molecule has 0 fully saturated rings. The molecule has 0 aliphatic heterocycles. The molecular formula is C13H26N4O2S. The fourth-order valence-corrected chi connectivity index (χ4v) is 2.51. The highest BCUT2D eigenvalue weighted by molar-refractivity contribution is 7.88. The Morgan fingerprint density at radius 2 is 1.95 bits per heavy atom. The predicted molar refractivity (Wildman–Crippen MR) is 81.1 cm³/mol. The van der Waals surface area contributed by atoms with Crippen LogP contribution in [0.1, 0.15) is 38.4 Å². The number of hydrogen-bond donors (Lipinski definition) is 2. The molecule has 2 N–H and O–H groups in total. The van der Waals surface area contributed by atoms with E-state index in [1.54, 1.807) is 0 Å². The van der Waals surface area contributed by atoms with Gasteiger partial charge in [0, 0.05) is 37.3 Å². The lowest BCUT2D eigenvalue weighted by Gasteiger charge is -2.17. The van der Waals surface area contributed by atoms with Crippen molar-refractivity contribution in [3.05, 3.63) is 17.5 Å². The van der Waals surface area contributed by atoms with Gasteiger partial charge in [0.15, 0.2) is 0 Å². The Morgan fingerprint density at radius 3 is 2.50 bits per heavy atom. The molecule has 7 heteroatoms. The van der Waals surface area contributed by atoms with Crippen molar-refractivity contribution in [2.75, 3.05) is 19.3 Å². The number of aromatic nitrogens is 2. The molecule has 6 nitrogen and oxygen atoms in total. The van der Waals surface area contributed by atoms with Crippen molar-refractivity contribution in [3.63, 3.8) is 0 Å². The molecule has 0 aliphatic rings. The first kappa shape index (κ1) is 17.1. The van der Waals surface area contributed by atoms with Crippen LogP contribution in [-0.2, 0) is 29.0 Å². The third-order valence-corrected chi connectivity index (χ3v) is 3.55. The van der Waals surface area contributed by atoms with Crippen LogP contribution in [-0.4, -0.2) is 37.5 Å². The standard InChI is InChI=1S/C13H26N4O2S/c1-13(2,3)12-11(10-17(4)16-12)9-14-7-6-8-15-20(5,18)19/h10,14-15H,6-9H2,1-5H3. The summed E-state index contributed by atoms with van der Waals surface area (Å²) in [6.07, 6.45) is 3.96. The molecular weight excluding hydrogens is 276 g/mol. The highest BCUT2D eigenvalue weighted by Crippen LogP contribution is 2.23. The van der Waals surface area contributed by atoms with E-state index in [-0.39, 0.29) is 5.41 Å². The number of aryl methyl sites for hydroxylation is 1. The molecule has 0 aliphatic carbocycles. The molecule has 1 heterocycles. The number of nitrogens with zero attached hydrogens (tertiary/aromatic N) is 2. The summed E-state index contributed by atoms with van der Waals surface area (Å²) in [7, 11) is -1.15. The first-order valence-electron chi connectivity index (χ1n) is 6.78. The number of rotatable bonds is 7. The van der Waals surface area contributed by atoms with Gasteiger partial charge in [0.25, 0.3) is 0 Å². The second-order valence-corrected chi connectivity index (χ2v) is 7.96. The van der Waals surface area contributed by atoms with Gasteiger partial charge in [-0.2, -0.15) is 5.10 Å². The summed E-state index contributed by atoms with van der Waals surface area (Å²) < 4.78 is 26.1. The van der Waals surface area contributed by atoms with Crippen LogP contribution in [0.2, 0.25) is 0 Å². The van der Waals surface area contributed by atoms with E-state index in [2.05, 4.69) is 35.9 Å². The van der Waals surface area contributed by atoms with E-state index in [0.29, 0.717) is 6.54 Å². The van der Waals surface area contributed by atoms with Crippen molar-refractivity contribution in [1.29, 1.82) is 0 Å². The largest absolute Gasteiger partial charge is 0.312 e. The van der Waals surface area contributed by atoms with Crippen molar-refractivity contribution in [1.82, 2.24) is 19.8 Å². The molecule has 0 saturated heterocycles. The minimum Gasteiger partial charge on any atom is -0.312 e. The monoisotopic (exact) mass is 302 g/mol. The topological polar surface area (TPSA) is 76.0 Å². The zero-order valence-electron chi connectivity index (χ0n) is 13.0. The Hall–Kier alpha value is -0.920. The Kier molecular flexibility index (Phi) is 5.73. The zero-order valence-corrected chi connectivity index (χ0v) is 13.8. The molecule has 20 heavy (non-hydrogen) atoms. The van der Waals surface area contributed by atoms with Crippen LogP contribution < -0.4 is 10.0 Å². The van der Waals surface area contributed by atoms with Crippen molar-refractivity contribution in [2.45, 2.75) is 39.2 Å². The normalized spacial score (nSPS) is 12.8. The maximum Gasteiger partial charge on any atom is 0.208 e. The minimum absolute atomic E-state index is 0.0239. The average molecular weight is 302 g/mol. The maximum absolute atomic E-state index is 10.9. The fraction of sp³-hybridized carbons (Fsp3) is 0.769. The van der Waals surface area contributed by atoms with E-state index in [1.165, 1.54) is 11.8 Å². The van der Waals surface area contributed by atoms with Crippen molar-refractivity contribution in [3.8, 4) is 0 Å². The maximum atomic E-state index is 10.9. The molecule has 0 atom stereocenters. The van der Waals surface area contributed by atoms with Crippen molar-refractivity contribution >= 4 is 10.0 Å². The highest BCUT2D eigenvalue weighted by Gasteiger charge is 2.21. The molecule has 116 valence electrons. The molecule has 0 amide bonds. The SMILES string of the molecule is Cn1cc(CNCCCNS(C)(=O)=O)c(C(C)(C)C)n1. The van der Waals surface area contributed by atoms with E-state index < -0.39 is 10.0 Å². The lowest BCUT2D eigenvalue weighted by Crippen LogP contribution is -2.26. The van der Waals surface area contributed by atoms with Crippen LogP contribution >= 0.6 is 0 Å². The molecule has 1 aromatic heterocycles. The molecule has 1 aromatic rings. The number of nitrogens with one attached hydrogen (secondary N) is 2. The molecule has 0 saturated carbocycles. The lowest BCUT2D eigenvalue weighted by molar-refractivity contribution is 0.541. The Morgan fingerprint density at radius 1 is 1.30 bits per heavy atom. The van der Waals surface area contributed by atoms with Crippen molar-refractivity contribution < 1.29 is 8.42 Å². The molecule has 0 unspecified atom stereocenters. The molecule has 1 rings (SSSR count). The summed E-state index contributed by atoms with van der Waals surface area (Å²) in [4.78, 5) is 0. The van der Waals surface area contributed by atoms with Gasteiger partial charge in [0.05, 0.1) is 11.9 Å². The molecule has 0 bridgehead atoms. The molecule has 0 spiro atoms. The highest BCUT2D eigenvalue weighted by atomic mass is 32.2. The van der Waals surface area contributed by atoms with Gasteiger partial charge in [-0.3, -0.25) is 4.68 Å². The van der Waals surface area contributed by atoms with Crippen molar-refractivity contribution in [2.24, 2.45) is 7.05 Å². The van der Waals surface area contributed by atoms with Gasteiger partial charge in [0.2, 0.25) is 10.0 Å². The molecule has 0 aromatic carbocycles. The van der Waals surface area contributed by atoms with E-state index >= 15 is 0 Å². The van der Waals surface area contributed by atoms with Gasteiger partial charge >= 0.3 is 0 Å². The summed E-state index contributed by atoms with van der Waals surface area (Å²) in [6.45, 7) is 8.42. The minimum atomic E-state index is -3.08. The Balaban J connectivity index is 2.40. The van der Waals surface area contributed by atoms with Gasteiger partial charge in [-0.15, -0.1) is 0 Å². The van der Waals surface area contributed by atoms with Gasteiger partial charge in [-0.25, -0.2) is 13.1 Å². The van der Waals surface area contributed by atoms with E-state index in [1.807, 2.05) is 17.9 Å². The zero-order chi connectivity index (χ0) is 15.4. The second kappa shape index (κ2) is 6.69. The fourth-order valence-electron chi connectivity index (χ4n) is 1.99. The summed E-state index contributed by atoms with van der Waals surface area (Å²) >= 11 is 0.